The van der Waals surface area contributed by atoms with Crippen molar-refractivity contribution in [3.63, 3.8) is 0 Å². The maximum Gasteiger partial charge on any atom is 0.339 e. The summed E-state index contributed by atoms with van der Waals surface area (Å²) in [5.41, 5.74) is 4.46. The molecule has 3 aromatic rings. The number of hydrogen-bond donors (Lipinski definition) is 2. The minimum absolute atomic E-state index is 0.123. The van der Waals surface area contributed by atoms with E-state index >= 15 is 0 Å². The summed E-state index contributed by atoms with van der Waals surface area (Å²) in [6.45, 7) is 7.41. The topological polar surface area (TPSA) is 65.7 Å². The van der Waals surface area contributed by atoms with E-state index in [4.69, 9.17) is 4.42 Å². The summed E-state index contributed by atoms with van der Waals surface area (Å²) in [5.74, 6) is 0.123. The second-order valence-electron chi connectivity index (χ2n) is 7.97. The molecular weight excluding hydrogens is 364 g/mol. The molecule has 1 fully saturated rings. The van der Waals surface area contributed by atoms with Crippen molar-refractivity contribution in [2.75, 3.05) is 18.4 Å². The molecule has 5 nitrogen and oxygen atoms in total. The molecule has 0 bridgehead atoms. The highest BCUT2D eigenvalue weighted by Gasteiger charge is 2.15. The quantitative estimate of drug-likeness (QED) is 0.616. The van der Waals surface area contributed by atoms with Crippen LogP contribution in [0, 0.1) is 13.8 Å². The van der Waals surface area contributed by atoms with Crippen molar-refractivity contribution in [2.45, 2.75) is 46.2 Å². The minimum atomic E-state index is -0.357. The molecule has 0 unspecified atom stereocenters. The fraction of sp³-hybridized carbons (Fsp3) is 0.375. The number of aryl methyl sites for hydroxylation is 1. The highest BCUT2D eigenvalue weighted by Crippen LogP contribution is 2.30. The van der Waals surface area contributed by atoms with Gasteiger partial charge in [-0.25, -0.2) is 4.79 Å². The molecule has 0 radical (unpaired) electrons. The summed E-state index contributed by atoms with van der Waals surface area (Å²) in [4.78, 5) is 14.6. The highest BCUT2D eigenvalue weighted by molar-refractivity contribution is 5.85. The monoisotopic (exact) mass is 392 g/mol. The lowest BCUT2D eigenvalue weighted by Gasteiger charge is -2.26. The number of anilines is 1. The van der Waals surface area contributed by atoms with E-state index in [1.807, 2.05) is 6.92 Å². The Morgan fingerprint density at radius 2 is 1.72 bits per heavy atom. The molecule has 1 saturated heterocycles. The van der Waals surface area contributed by atoms with E-state index in [1.54, 1.807) is 19.1 Å². The van der Waals surface area contributed by atoms with Gasteiger partial charge in [-0.2, -0.15) is 0 Å². The van der Waals surface area contributed by atoms with Crippen molar-refractivity contribution < 1.29 is 9.52 Å². The zero-order valence-corrected chi connectivity index (χ0v) is 17.1. The number of hydrogen-bond acceptors (Lipinski definition) is 5. The van der Waals surface area contributed by atoms with Crippen LogP contribution >= 0.6 is 0 Å². The summed E-state index contributed by atoms with van der Waals surface area (Å²) in [7, 11) is 0. The van der Waals surface area contributed by atoms with Crippen LogP contribution in [0.25, 0.3) is 11.0 Å². The minimum Gasteiger partial charge on any atom is -0.507 e. The van der Waals surface area contributed by atoms with E-state index in [-0.39, 0.29) is 11.4 Å². The summed E-state index contributed by atoms with van der Waals surface area (Å²) in [6, 6.07) is 11.9. The van der Waals surface area contributed by atoms with E-state index < -0.39 is 0 Å². The maximum absolute atomic E-state index is 12.1. The Hall–Kier alpha value is -2.79. The van der Waals surface area contributed by atoms with Gasteiger partial charge in [0.1, 0.15) is 11.3 Å². The van der Waals surface area contributed by atoms with Crippen molar-refractivity contribution in [2.24, 2.45) is 0 Å². The second-order valence-corrected chi connectivity index (χ2v) is 7.97. The molecule has 0 saturated carbocycles. The van der Waals surface area contributed by atoms with Gasteiger partial charge in [0.15, 0.2) is 0 Å². The van der Waals surface area contributed by atoms with Crippen LogP contribution in [-0.4, -0.2) is 23.1 Å². The van der Waals surface area contributed by atoms with Crippen LogP contribution in [-0.2, 0) is 13.1 Å². The van der Waals surface area contributed by atoms with E-state index in [0.717, 1.165) is 23.2 Å². The lowest BCUT2D eigenvalue weighted by atomic mass is 10.0. The van der Waals surface area contributed by atoms with Crippen LogP contribution < -0.4 is 10.9 Å². The number of benzene rings is 2. The number of rotatable bonds is 5. The smallest absolute Gasteiger partial charge is 0.339 e. The summed E-state index contributed by atoms with van der Waals surface area (Å²) in [6.07, 6.45) is 3.94. The van der Waals surface area contributed by atoms with Crippen LogP contribution in [0.1, 0.15) is 41.5 Å². The van der Waals surface area contributed by atoms with Crippen molar-refractivity contribution >= 4 is 16.7 Å². The first-order valence-corrected chi connectivity index (χ1v) is 10.3. The van der Waals surface area contributed by atoms with E-state index in [9.17, 15) is 9.90 Å². The number of nitrogens with one attached hydrogen (secondary N) is 1. The number of likely N-dealkylation sites (tertiary alicyclic amines) is 1. The first kappa shape index (κ1) is 19.5. The Labute approximate surface area is 171 Å². The number of nitrogens with zero attached hydrogens (tertiary/aromatic N) is 1. The number of fused-ring (bicyclic) bond motifs is 1. The van der Waals surface area contributed by atoms with E-state index in [1.165, 1.54) is 37.9 Å². The van der Waals surface area contributed by atoms with Crippen molar-refractivity contribution in [1.82, 2.24) is 4.90 Å². The Balaban J connectivity index is 1.51. The Kier molecular flexibility index (Phi) is 5.58. The molecule has 1 aliphatic heterocycles. The molecule has 0 aliphatic carbocycles. The number of phenols is 1. The molecule has 29 heavy (non-hydrogen) atoms. The molecule has 5 heteroatoms. The summed E-state index contributed by atoms with van der Waals surface area (Å²) >= 11 is 0. The van der Waals surface area contributed by atoms with Crippen LogP contribution in [0.2, 0.25) is 0 Å². The van der Waals surface area contributed by atoms with Gasteiger partial charge in [-0.3, -0.25) is 4.90 Å². The largest absolute Gasteiger partial charge is 0.507 e. The predicted octanol–water partition coefficient (Wildman–Crippen LogP) is 4.71. The molecule has 2 heterocycles. The van der Waals surface area contributed by atoms with Gasteiger partial charge in [0.2, 0.25) is 0 Å². The van der Waals surface area contributed by atoms with Gasteiger partial charge in [0, 0.05) is 29.7 Å². The van der Waals surface area contributed by atoms with Crippen molar-refractivity contribution in [3.05, 3.63) is 69.1 Å². The van der Waals surface area contributed by atoms with Crippen molar-refractivity contribution in [3.8, 4) is 5.75 Å². The average Bonchev–Trinajstić information content (AvgIpc) is 2.73. The van der Waals surface area contributed by atoms with Gasteiger partial charge in [0.25, 0.3) is 0 Å². The molecule has 4 rings (SSSR count). The molecule has 1 aromatic heterocycles. The van der Waals surface area contributed by atoms with Crippen LogP contribution in [0.5, 0.6) is 5.75 Å². The van der Waals surface area contributed by atoms with Crippen molar-refractivity contribution in [1.29, 1.82) is 0 Å². The highest BCUT2D eigenvalue weighted by atomic mass is 16.4. The molecule has 152 valence electrons. The second kappa shape index (κ2) is 8.29. The van der Waals surface area contributed by atoms with Gasteiger partial charge in [-0.05, 0) is 75.2 Å². The number of piperidine rings is 1. The third kappa shape index (κ3) is 4.15. The van der Waals surface area contributed by atoms with Gasteiger partial charge >= 0.3 is 5.63 Å². The molecule has 0 amide bonds. The average molecular weight is 392 g/mol. The molecule has 1 aliphatic rings. The van der Waals surface area contributed by atoms with Gasteiger partial charge < -0.3 is 14.8 Å². The van der Waals surface area contributed by atoms with Crippen LogP contribution in [0.4, 0.5) is 5.69 Å². The lowest BCUT2D eigenvalue weighted by Crippen LogP contribution is -2.29. The third-order valence-corrected chi connectivity index (χ3v) is 5.98. The molecule has 0 spiro atoms. The molecular formula is C24H28N2O3. The Morgan fingerprint density at radius 1 is 1.00 bits per heavy atom. The normalized spacial score (nSPS) is 15.0. The predicted molar refractivity (Wildman–Crippen MR) is 117 cm³/mol. The standard InChI is InChI=1S/C24H28N2O3/c1-16-17(2)24(28)29-23-20(16)10-11-22(27)21(23)14-25-19-8-6-18(7-9-19)15-26-12-4-3-5-13-26/h6-11,25,27H,3-5,12-15H2,1-2H3. The number of phenolic OH excluding ortho intramolecular Hbond substituents is 1. The zero-order valence-electron chi connectivity index (χ0n) is 17.1. The molecule has 2 aromatic carbocycles. The summed E-state index contributed by atoms with van der Waals surface area (Å²) < 4.78 is 5.52. The fourth-order valence-electron chi connectivity index (χ4n) is 4.02. The molecule has 0 atom stereocenters. The Morgan fingerprint density at radius 3 is 2.45 bits per heavy atom. The van der Waals surface area contributed by atoms with Crippen LogP contribution in [0.15, 0.2) is 45.6 Å². The zero-order chi connectivity index (χ0) is 20.4. The van der Waals surface area contributed by atoms with E-state index in [2.05, 4.69) is 34.5 Å². The van der Waals surface area contributed by atoms with Gasteiger partial charge in [-0.15, -0.1) is 0 Å². The summed E-state index contributed by atoms with van der Waals surface area (Å²) in [5, 5.41) is 14.6. The first-order valence-electron chi connectivity index (χ1n) is 10.3. The maximum atomic E-state index is 12.1. The Bertz CT molecular complexity index is 1060. The van der Waals surface area contributed by atoms with Gasteiger partial charge in [0.05, 0.1) is 5.56 Å². The first-order chi connectivity index (χ1) is 14.0. The van der Waals surface area contributed by atoms with E-state index in [0.29, 0.717) is 23.3 Å². The molecule has 2 N–H and O–H groups in total. The fourth-order valence-corrected chi connectivity index (χ4v) is 4.02. The number of aromatic hydroxyl groups is 1. The van der Waals surface area contributed by atoms with Crippen LogP contribution in [0.3, 0.4) is 0 Å². The lowest BCUT2D eigenvalue weighted by molar-refractivity contribution is 0.221. The SMILES string of the molecule is Cc1c(C)c2ccc(O)c(CNc3ccc(CN4CCCCC4)cc3)c2oc1=O. The third-order valence-electron chi connectivity index (χ3n) is 5.98. The van der Waals surface area contributed by atoms with Gasteiger partial charge in [-0.1, -0.05) is 18.6 Å².